The number of carbonyl (C=O) groups excluding carboxylic acids is 1. The monoisotopic (exact) mass is 451 g/mol. The first-order chi connectivity index (χ1) is 16.3. The molecule has 0 aliphatic rings. The molecule has 0 radical (unpaired) electrons. The third kappa shape index (κ3) is 3.65. The molecule has 0 saturated heterocycles. The zero-order chi connectivity index (χ0) is 24.0. The molecule has 1 amide bonds. The molecular weight excluding hydrogens is 426 g/mol. The van der Waals surface area contributed by atoms with Gasteiger partial charge in [-0.1, -0.05) is 30.3 Å². The molecule has 170 valence electrons. The molecule has 0 aliphatic carbocycles. The van der Waals surface area contributed by atoms with E-state index in [1.165, 1.54) is 0 Å². The van der Waals surface area contributed by atoms with E-state index < -0.39 is 0 Å². The number of aryl methyl sites for hydroxylation is 3. The number of nitrogens with zero attached hydrogens (tertiary/aromatic N) is 3. The highest BCUT2D eigenvalue weighted by Gasteiger charge is 2.17. The zero-order valence-corrected chi connectivity index (χ0v) is 19.6. The number of rotatable bonds is 4. The maximum absolute atomic E-state index is 13.3. The Morgan fingerprint density at radius 3 is 2.65 bits per heavy atom. The lowest BCUT2D eigenvalue weighted by Gasteiger charge is -2.11. The Balaban J connectivity index is 1.50. The van der Waals surface area contributed by atoms with Crippen LogP contribution >= 0.6 is 0 Å². The summed E-state index contributed by atoms with van der Waals surface area (Å²) >= 11 is 0. The fraction of sp³-hybridized carbons (Fsp3) is 0.185. The van der Waals surface area contributed by atoms with Crippen molar-refractivity contribution < 1.29 is 4.79 Å². The van der Waals surface area contributed by atoms with E-state index in [9.17, 15) is 9.59 Å². The fourth-order valence-corrected chi connectivity index (χ4v) is 4.22. The second kappa shape index (κ2) is 8.26. The van der Waals surface area contributed by atoms with Crippen LogP contribution in [0.25, 0.3) is 33.1 Å². The predicted molar refractivity (Wildman–Crippen MR) is 134 cm³/mol. The van der Waals surface area contributed by atoms with E-state index in [1.54, 1.807) is 16.9 Å². The Kier molecular flexibility index (Phi) is 5.24. The molecular formula is C27H25N5O2. The number of aromatic amines is 1. The highest BCUT2D eigenvalue weighted by Crippen LogP contribution is 2.27. The van der Waals surface area contributed by atoms with Crippen molar-refractivity contribution in [3.8, 4) is 11.3 Å². The molecule has 5 rings (SSSR count). The van der Waals surface area contributed by atoms with Gasteiger partial charge in [0.05, 0.1) is 28.5 Å². The van der Waals surface area contributed by atoms with Crippen molar-refractivity contribution in [2.24, 2.45) is 7.05 Å². The van der Waals surface area contributed by atoms with Gasteiger partial charge in [0, 0.05) is 35.8 Å². The molecule has 7 heteroatoms. The molecule has 0 fully saturated rings. The SMILES string of the molecule is Cc1ccc2cc(CNC(=O)c3cc(-c4cnn(C)c4C)nc4ccccc34)c(=O)[nH]c2c1C. The van der Waals surface area contributed by atoms with E-state index in [2.05, 4.69) is 15.4 Å². The molecule has 0 spiro atoms. The number of hydrogen-bond acceptors (Lipinski definition) is 4. The smallest absolute Gasteiger partial charge is 0.253 e. The van der Waals surface area contributed by atoms with Crippen molar-refractivity contribution in [1.29, 1.82) is 0 Å². The highest BCUT2D eigenvalue weighted by atomic mass is 16.1. The number of amides is 1. The van der Waals surface area contributed by atoms with Gasteiger partial charge in [0.1, 0.15) is 0 Å². The van der Waals surface area contributed by atoms with Crippen LogP contribution in [0.3, 0.4) is 0 Å². The first-order valence-corrected chi connectivity index (χ1v) is 11.1. The van der Waals surface area contributed by atoms with Crippen LogP contribution in [0.1, 0.15) is 32.7 Å². The van der Waals surface area contributed by atoms with Crippen molar-refractivity contribution in [3.63, 3.8) is 0 Å². The molecule has 34 heavy (non-hydrogen) atoms. The number of hydrogen-bond donors (Lipinski definition) is 2. The van der Waals surface area contributed by atoms with Crippen LogP contribution in [0.5, 0.6) is 0 Å². The fourth-order valence-electron chi connectivity index (χ4n) is 4.22. The van der Waals surface area contributed by atoms with Crippen molar-refractivity contribution in [1.82, 2.24) is 25.1 Å². The van der Waals surface area contributed by atoms with Gasteiger partial charge < -0.3 is 10.3 Å². The number of carbonyl (C=O) groups is 1. The predicted octanol–water partition coefficient (Wildman–Crippen LogP) is 4.33. The largest absolute Gasteiger partial charge is 0.348 e. The molecule has 0 bridgehead atoms. The van der Waals surface area contributed by atoms with Crippen LogP contribution in [-0.4, -0.2) is 25.7 Å². The van der Waals surface area contributed by atoms with Crippen molar-refractivity contribution in [2.75, 3.05) is 0 Å². The number of benzene rings is 2. The molecule has 0 unspecified atom stereocenters. The zero-order valence-electron chi connectivity index (χ0n) is 19.6. The van der Waals surface area contributed by atoms with Gasteiger partial charge in [-0.2, -0.15) is 5.10 Å². The van der Waals surface area contributed by atoms with Crippen LogP contribution in [0.15, 0.2) is 59.5 Å². The minimum atomic E-state index is -0.263. The van der Waals surface area contributed by atoms with E-state index in [0.29, 0.717) is 16.8 Å². The van der Waals surface area contributed by atoms with Crippen LogP contribution in [0.4, 0.5) is 0 Å². The Morgan fingerprint density at radius 1 is 1.09 bits per heavy atom. The third-order valence-electron chi connectivity index (χ3n) is 6.54. The lowest BCUT2D eigenvalue weighted by Crippen LogP contribution is -2.27. The number of nitrogens with one attached hydrogen (secondary N) is 2. The molecule has 5 aromatic rings. The van der Waals surface area contributed by atoms with E-state index in [0.717, 1.165) is 44.2 Å². The van der Waals surface area contributed by atoms with Gasteiger partial charge in [-0.3, -0.25) is 14.3 Å². The molecule has 7 nitrogen and oxygen atoms in total. The highest BCUT2D eigenvalue weighted by molar-refractivity contribution is 6.07. The maximum atomic E-state index is 13.3. The van der Waals surface area contributed by atoms with Crippen LogP contribution in [0, 0.1) is 20.8 Å². The average molecular weight is 452 g/mol. The quantitative estimate of drug-likeness (QED) is 0.425. The summed E-state index contributed by atoms with van der Waals surface area (Å²) < 4.78 is 1.78. The van der Waals surface area contributed by atoms with E-state index in [4.69, 9.17) is 4.98 Å². The second-order valence-electron chi connectivity index (χ2n) is 8.62. The normalized spacial score (nSPS) is 11.3. The number of para-hydroxylation sites is 1. The number of aromatic nitrogens is 4. The van der Waals surface area contributed by atoms with E-state index >= 15 is 0 Å². The Bertz CT molecular complexity index is 1650. The molecule has 0 atom stereocenters. The molecule has 0 saturated carbocycles. The summed E-state index contributed by atoms with van der Waals surface area (Å²) in [5.74, 6) is -0.263. The lowest BCUT2D eigenvalue weighted by atomic mass is 10.0. The topological polar surface area (TPSA) is 92.7 Å². The molecule has 3 aromatic heterocycles. The van der Waals surface area contributed by atoms with Crippen LogP contribution in [-0.2, 0) is 13.6 Å². The number of pyridine rings is 2. The minimum absolute atomic E-state index is 0.120. The number of fused-ring (bicyclic) bond motifs is 2. The van der Waals surface area contributed by atoms with Crippen LogP contribution < -0.4 is 10.9 Å². The molecule has 3 heterocycles. The third-order valence-corrected chi connectivity index (χ3v) is 6.54. The lowest BCUT2D eigenvalue weighted by molar-refractivity contribution is 0.0952. The summed E-state index contributed by atoms with van der Waals surface area (Å²) in [4.78, 5) is 33.7. The van der Waals surface area contributed by atoms with Gasteiger partial charge >= 0.3 is 0 Å². The Morgan fingerprint density at radius 2 is 1.88 bits per heavy atom. The van der Waals surface area contributed by atoms with E-state index in [-0.39, 0.29) is 18.0 Å². The van der Waals surface area contributed by atoms with Crippen molar-refractivity contribution in [2.45, 2.75) is 27.3 Å². The Labute approximate surface area is 196 Å². The van der Waals surface area contributed by atoms with Crippen LogP contribution in [0.2, 0.25) is 0 Å². The summed E-state index contributed by atoms with van der Waals surface area (Å²) in [6, 6.07) is 15.2. The first kappa shape index (κ1) is 21.6. The average Bonchev–Trinajstić information content (AvgIpc) is 3.17. The van der Waals surface area contributed by atoms with Crippen molar-refractivity contribution in [3.05, 3.63) is 93.0 Å². The minimum Gasteiger partial charge on any atom is -0.348 e. The standard InChI is InChI=1S/C27H25N5O2/c1-15-9-10-18-11-19(26(33)31-25(18)16(15)2)13-28-27(34)21-12-24(22-14-29-32(4)17(22)3)30-23-8-6-5-7-20(21)23/h5-12,14H,13H2,1-4H3,(H,28,34)(H,31,33). The first-order valence-electron chi connectivity index (χ1n) is 11.1. The van der Waals surface area contributed by atoms with Gasteiger partial charge in [0.25, 0.3) is 11.5 Å². The van der Waals surface area contributed by atoms with Crippen molar-refractivity contribution >= 4 is 27.7 Å². The molecule has 2 aromatic carbocycles. The van der Waals surface area contributed by atoms with Gasteiger partial charge in [-0.25, -0.2) is 4.98 Å². The molecule has 0 aliphatic heterocycles. The maximum Gasteiger partial charge on any atom is 0.253 e. The summed E-state index contributed by atoms with van der Waals surface area (Å²) in [5.41, 5.74) is 7.05. The second-order valence-corrected chi connectivity index (χ2v) is 8.62. The van der Waals surface area contributed by atoms with Gasteiger partial charge in [0.15, 0.2) is 0 Å². The van der Waals surface area contributed by atoms with Gasteiger partial charge in [0.2, 0.25) is 0 Å². The summed E-state index contributed by atoms with van der Waals surface area (Å²) in [7, 11) is 1.87. The van der Waals surface area contributed by atoms with Gasteiger partial charge in [-0.05, 0) is 55.5 Å². The Hall–Kier alpha value is -4.26. The van der Waals surface area contributed by atoms with Gasteiger partial charge in [-0.15, -0.1) is 0 Å². The van der Waals surface area contributed by atoms with E-state index in [1.807, 2.05) is 70.3 Å². The molecule has 2 N–H and O–H groups in total. The number of H-pyrrole nitrogens is 1. The summed E-state index contributed by atoms with van der Waals surface area (Å²) in [5, 5.41) is 8.93. The summed E-state index contributed by atoms with van der Waals surface area (Å²) in [6.07, 6.45) is 1.76. The summed E-state index contributed by atoms with van der Waals surface area (Å²) in [6.45, 7) is 6.09.